The lowest BCUT2D eigenvalue weighted by Crippen LogP contribution is -2.56. The van der Waals surface area contributed by atoms with Crippen LogP contribution >= 0.6 is 0 Å². The van der Waals surface area contributed by atoms with E-state index in [1.165, 1.54) is 154 Å². The maximum absolute atomic E-state index is 14.3. The number of benzene rings is 1. The van der Waals surface area contributed by atoms with Crippen LogP contribution in [0, 0.1) is 71.0 Å². The number of aromatic hydroxyl groups is 1. The van der Waals surface area contributed by atoms with Gasteiger partial charge in [0.15, 0.2) is 0 Å². The molecule has 51 heavy (non-hydrogen) atoms. The summed E-state index contributed by atoms with van der Waals surface area (Å²) < 4.78 is 0. The van der Waals surface area contributed by atoms with Crippen LogP contribution < -0.4 is 0 Å². The Bertz CT molecular complexity index is 1420. The van der Waals surface area contributed by atoms with Gasteiger partial charge in [0, 0.05) is 22.0 Å². The van der Waals surface area contributed by atoms with Gasteiger partial charge in [-0.15, -0.1) is 0 Å². The van der Waals surface area contributed by atoms with Crippen molar-refractivity contribution in [3.05, 3.63) is 27.8 Å². The molecular weight excluding hydrogens is 617 g/mol. The summed E-state index contributed by atoms with van der Waals surface area (Å²) in [7, 11) is 0. The first-order valence-corrected chi connectivity index (χ1v) is 23.4. The fourth-order valence-electron chi connectivity index (χ4n) is 21.2. The average molecular weight is 687 g/mol. The van der Waals surface area contributed by atoms with Crippen LogP contribution in [0.25, 0.3) is 0 Å². The summed E-state index contributed by atoms with van der Waals surface area (Å²) in [6.07, 6.45) is 35.4. The third kappa shape index (κ3) is 4.18. The Kier molecular flexibility index (Phi) is 6.05. The predicted octanol–water partition coefficient (Wildman–Crippen LogP) is 12.6. The third-order valence-electron chi connectivity index (χ3n) is 20.5. The maximum Gasteiger partial charge on any atom is 0.123 e. The average Bonchev–Trinajstić information content (AvgIpc) is 3.01. The molecule has 16 aliphatic carbocycles. The summed E-state index contributed by atoms with van der Waals surface area (Å²) in [6, 6.07) is 0. The maximum atomic E-state index is 14.3. The molecule has 16 fully saturated rings. The number of hydrogen-bond acceptors (Lipinski definition) is 1. The molecule has 1 nitrogen and oxygen atoms in total. The molecule has 0 aliphatic heterocycles. The Hall–Kier alpha value is -0.980. The normalized spacial score (nSPS) is 55.0. The van der Waals surface area contributed by atoms with Crippen molar-refractivity contribution in [3.63, 3.8) is 0 Å². The fraction of sp³-hybridized carbons (Fsp3) is 0.880. The molecule has 17 rings (SSSR count). The topological polar surface area (TPSA) is 20.2 Å². The minimum absolute atomic E-state index is 0.110. The number of rotatable bonds is 4. The van der Waals surface area contributed by atoms with Crippen LogP contribution in [0.3, 0.4) is 0 Å². The molecule has 1 aromatic carbocycles. The van der Waals surface area contributed by atoms with Crippen molar-refractivity contribution in [2.75, 3.05) is 0 Å². The highest BCUT2D eigenvalue weighted by Gasteiger charge is 2.64. The van der Waals surface area contributed by atoms with Crippen molar-refractivity contribution in [1.82, 2.24) is 0 Å². The van der Waals surface area contributed by atoms with Gasteiger partial charge in [-0.05, 0) is 258 Å². The summed E-state index contributed by atoms with van der Waals surface area (Å²) in [5, 5.41) is 14.3. The Morgan fingerprint density at radius 1 is 0.333 bits per heavy atom. The van der Waals surface area contributed by atoms with Gasteiger partial charge >= 0.3 is 0 Å². The molecule has 16 aliphatic rings. The van der Waals surface area contributed by atoms with E-state index in [1.807, 2.05) is 16.7 Å². The first-order chi connectivity index (χ1) is 24.5. The molecule has 1 N–H and O–H groups in total. The van der Waals surface area contributed by atoms with Gasteiger partial charge in [0.05, 0.1) is 0 Å². The minimum Gasteiger partial charge on any atom is -0.507 e. The van der Waals surface area contributed by atoms with Gasteiger partial charge in [0.1, 0.15) is 5.75 Å². The number of hydrogen-bond donors (Lipinski definition) is 1. The van der Waals surface area contributed by atoms with Crippen LogP contribution in [0.4, 0.5) is 0 Å². The van der Waals surface area contributed by atoms with E-state index in [4.69, 9.17) is 0 Å². The molecule has 0 amide bonds. The van der Waals surface area contributed by atoms with E-state index >= 15 is 0 Å². The molecule has 1 heteroatoms. The first-order valence-electron chi connectivity index (χ1n) is 23.4. The van der Waals surface area contributed by atoms with E-state index in [9.17, 15) is 5.11 Å². The molecule has 0 radical (unpaired) electrons. The molecular formula is C50H70O. The lowest BCUT2D eigenvalue weighted by Gasteiger charge is -2.64. The summed E-state index contributed by atoms with van der Waals surface area (Å²) >= 11 is 0. The third-order valence-corrected chi connectivity index (χ3v) is 20.5. The summed E-state index contributed by atoms with van der Waals surface area (Å²) in [5.74, 6) is 12.2. The molecule has 16 saturated carbocycles. The SMILES string of the molecule is CC(C)(C)c1c(C23CC4CC(CC(C4)C2)C3)c(C23CC4CC(CC(C4)C2)C3)c(O)c(C23CC4CC(CC(C4)C2)C3)c1C12CC3CC(CC(C3)C1)C2. The second kappa shape index (κ2) is 9.87. The Morgan fingerprint density at radius 3 is 0.686 bits per heavy atom. The van der Waals surface area contributed by atoms with E-state index in [0.717, 1.165) is 76.8 Å². The van der Waals surface area contributed by atoms with Crippen molar-refractivity contribution >= 4 is 0 Å². The van der Waals surface area contributed by atoms with Gasteiger partial charge in [-0.2, -0.15) is 0 Å². The van der Waals surface area contributed by atoms with Crippen molar-refractivity contribution in [2.24, 2.45) is 71.0 Å². The standard InChI is InChI=1S/C50H70O/c1-46(2,3)40-41(47-16-28-4-29(17-47)6-30(5-28)18-47)43(49-22-34-10-35(23-49)12-36(11-34)24-49)45(51)44(50-25-37-13-38(26-50)15-39(14-37)27-50)42(40)48-19-31-7-32(20-48)9-33(8-31)21-48/h28-39,51H,4-27H2,1-3H3. The zero-order valence-corrected chi connectivity index (χ0v) is 32.8. The van der Waals surface area contributed by atoms with Crippen molar-refractivity contribution in [3.8, 4) is 5.75 Å². The van der Waals surface area contributed by atoms with Crippen molar-refractivity contribution in [1.29, 1.82) is 0 Å². The van der Waals surface area contributed by atoms with Crippen molar-refractivity contribution < 1.29 is 5.11 Å². The highest BCUT2D eigenvalue weighted by Crippen LogP contribution is 2.73. The lowest BCUT2D eigenvalue weighted by molar-refractivity contribution is -0.0252. The largest absolute Gasteiger partial charge is 0.507 e. The quantitative estimate of drug-likeness (QED) is 0.334. The van der Waals surface area contributed by atoms with Crippen LogP contribution in [0.15, 0.2) is 0 Å². The smallest absolute Gasteiger partial charge is 0.123 e. The summed E-state index contributed by atoms with van der Waals surface area (Å²) in [6.45, 7) is 8.08. The molecule has 16 bridgehead atoms. The van der Waals surface area contributed by atoms with Crippen LogP contribution in [0.1, 0.15) is 203 Å². The molecule has 276 valence electrons. The second-order valence-corrected chi connectivity index (χ2v) is 25.3. The number of phenolic OH excluding ortho intramolecular Hbond substituents is 1. The summed E-state index contributed by atoms with van der Waals surface area (Å²) in [4.78, 5) is 0. The van der Waals surface area contributed by atoms with Crippen LogP contribution in [0.2, 0.25) is 0 Å². The van der Waals surface area contributed by atoms with Gasteiger partial charge in [0.2, 0.25) is 0 Å². The zero-order valence-electron chi connectivity index (χ0n) is 32.8. The van der Waals surface area contributed by atoms with Gasteiger partial charge < -0.3 is 5.11 Å². The molecule has 0 aromatic heterocycles. The van der Waals surface area contributed by atoms with E-state index in [0.29, 0.717) is 10.8 Å². The zero-order chi connectivity index (χ0) is 33.9. The monoisotopic (exact) mass is 687 g/mol. The Balaban J connectivity index is 1.16. The fourth-order valence-corrected chi connectivity index (χ4v) is 21.2. The van der Waals surface area contributed by atoms with Crippen LogP contribution in [0.5, 0.6) is 5.75 Å². The summed E-state index contributed by atoms with van der Waals surface area (Å²) in [5.41, 5.74) is 10.3. The molecule has 0 atom stereocenters. The lowest BCUT2D eigenvalue weighted by atomic mass is 9.40. The Morgan fingerprint density at radius 2 is 0.510 bits per heavy atom. The van der Waals surface area contributed by atoms with Gasteiger partial charge in [-0.3, -0.25) is 0 Å². The van der Waals surface area contributed by atoms with E-state index in [-0.39, 0.29) is 16.2 Å². The Labute approximate surface area is 310 Å². The first kappa shape index (κ1) is 31.2. The van der Waals surface area contributed by atoms with Gasteiger partial charge in [0.25, 0.3) is 0 Å². The minimum atomic E-state index is 0.110. The van der Waals surface area contributed by atoms with Gasteiger partial charge in [-0.1, -0.05) is 20.8 Å². The highest BCUT2D eigenvalue weighted by molar-refractivity contribution is 5.68. The second-order valence-electron chi connectivity index (χ2n) is 25.3. The molecule has 0 spiro atoms. The van der Waals surface area contributed by atoms with E-state index in [1.54, 1.807) is 11.1 Å². The molecule has 0 heterocycles. The number of phenols is 1. The van der Waals surface area contributed by atoms with E-state index < -0.39 is 0 Å². The van der Waals surface area contributed by atoms with Crippen LogP contribution in [-0.4, -0.2) is 5.11 Å². The van der Waals surface area contributed by atoms with Gasteiger partial charge in [-0.25, -0.2) is 0 Å². The highest BCUT2D eigenvalue weighted by atomic mass is 16.3. The van der Waals surface area contributed by atoms with Crippen molar-refractivity contribution in [2.45, 2.75) is 202 Å². The van der Waals surface area contributed by atoms with E-state index in [2.05, 4.69) is 20.8 Å². The molecule has 1 aromatic rings. The molecule has 0 unspecified atom stereocenters. The predicted molar refractivity (Wildman–Crippen MR) is 206 cm³/mol. The molecule has 0 saturated heterocycles. The van der Waals surface area contributed by atoms with Crippen LogP contribution in [-0.2, 0) is 27.1 Å².